The van der Waals surface area contributed by atoms with Crippen LogP contribution in [0, 0.1) is 0 Å². The van der Waals surface area contributed by atoms with Crippen LogP contribution in [0.4, 0.5) is 4.79 Å². The topological polar surface area (TPSA) is 122 Å². The molecule has 1 heterocycles. The number of carbonyl (C=O) groups is 2. The van der Waals surface area contributed by atoms with E-state index in [0.29, 0.717) is 12.2 Å². The van der Waals surface area contributed by atoms with Crippen LogP contribution in [0.2, 0.25) is 0 Å². The molecule has 28 heavy (non-hydrogen) atoms. The number of sulfonamides is 1. The van der Waals surface area contributed by atoms with E-state index in [0.717, 1.165) is 24.9 Å². The van der Waals surface area contributed by atoms with Gasteiger partial charge in [0.25, 0.3) is 0 Å². The molecule has 1 amide bonds. The van der Waals surface area contributed by atoms with Gasteiger partial charge in [0.1, 0.15) is 16.8 Å². The number of hydrogen-bond acceptors (Lipinski definition) is 8. The highest BCUT2D eigenvalue weighted by Crippen LogP contribution is 2.28. The fraction of sp³-hybridized carbons (Fsp3) is 0.278. The first-order valence-corrected chi connectivity index (χ1v) is 9.84. The first-order chi connectivity index (χ1) is 13.3. The minimum absolute atomic E-state index is 0.0361. The molecule has 0 aliphatic carbocycles. The number of quaternary nitrogens is 1. The van der Waals surface area contributed by atoms with Gasteiger partial charge in [-0.05, 0) is 40.8 Å². The van der Waals surface area contributed by atoms with Crippen LogP contribution in [0.25, 0.3) is 0 Å². The summed E-state index contributed by atoms with van der Waals surface area (Å²) in [5.41, 5.74) is -0.0361. The predicted octanol–water partition coefficient (Wildman–Crippen LogP) is 1.33. The van der Waals surface area contributed by atoms with E-state index < -0.39 is 26.1 Å². The van der Waals surface area contributed by atoms with Crippen molar-refractivity contribution < 1.29 is 36.6 Å². The summed E-state index contributed by atoms with van der Waals surface area (Å²) in [6.45, 7) is 2.13. The monoisotopic (exact) mass is 408 g/mol. The maximum absolute atomic E-state index is 13.0. The van der Waals surface area contributed by atoms with Gasteiger partial charge >= 0.3 is 22.1 Å². The summed E-state index contributed by atoms with van der Waals surface area (Å²) in [6.07, 6.45) is 3.39. The predicted molar refractivity (Wildman–Crippen MR) is 97.4 cm³/mol. The molecule has 2 rings (SSSR count). The molecule has 1 unspecified atom stereocenters. The van der Waals surface area contributed by atoms with Gasteiger partial charge in [0.15, 0.2) is 0 Å². The summed E-state index contributed by atoms with van der Waals surface area (Å²) >= 11 is 0. The van der Waals surface area contributed by atoms with Crippen LogP contribution >= 0.6 is 0 Å². The summed E-state index contributed by atoms with van der Waals surface area (Å²) in [7, 11) is -3.18. The van der Waals surface area contributed by atoms with Gasteiger partial charge < -0.3 is 19.4 Å². The molecule has 0 saturated carbocycles. The molecule has 1 aliphatic heterocycles. The number of allylic oxidation sites excluding steroid dienone is 1. The van der Waals surface area contributed by atoms with E-state index in [1.165, 1.54) is 37.5 Å². The van der Waals surface area contributed by atoms with Gasteiger partial charge in [0.2, 0.25) is 0 Å². The Balaban J connectivity index is 2.40. The Kier molecular flexibility index (Phi) is 6.71. The van der Waals surface area contributed by atoms with Gasteiger partial charge in [0, 0.05) is 6.08 Å². The highest BCUT2D eigenvalue weighted by molar-refractivity contribution is 7.86. The number of ether oxygens (including phenoxy) is 2. The number of carbonyl (C=O) groups excluding carboxylic acids is 2. The molecule has 10 heteroatoms. The number of hydrogen-bond donors (Lipinski definition) is 0. The number of methoxy groups -OCH3 is 1. The van der Waals surface area contributed by atoms with Crippen molar-refractivity contribution >= 4 is 28.3 Å². The molecule has 0 spiro atoms. The highest BCUT2D eigenvalue weighted by atomic mass is 32.2. The second-order valence-corrected chi connectivity index (χ2v) is 7.71. The molecule has 1 aromatic rings. The van der Waals surface area contributed by atoms with Crippen molar-refractivity contribution in [1.82, 2.24) is 0 Å². The Morgan fingerprint density at radius 1 is 1.21 bits per heavy atom. The Bertz CT molecular complexity index is 933. The Labute approximate surface area is 162 Å². The first kappa shape index (κ1) is 21.3. The first-order valence-electron chi connectivity index (χ1n) is 8.40. The summed E-state index contributed by atoms with van der Waals surface area (Å²) in [6, 6.07) is 5.13. The lowest BCUT2D eigenvalue weighted by atomic mass is 10.2. The van der Waals surface area contributed by atoms with Crippen LogP contribution < -0.4 is 9.84 Å². The molecule has 0 saturated heterocycles. The number of nitrogens with zero attached hydrogens (tertiary/aromatic N) is 2. The molecule has 150 valence electrons. The van der Waals surface area contributed by atoms with Gasteiger partial charge in [-0.3, -0.25) is 0 Å². The van der Waals surface area contributed by atoms with Crippen LogP contribution in [0.1, 0.15) is 19.8 Å². The van der Waals surface area contributed by atoms with Gasteiger partial charge in [-0.25, -0.2) is 4.79 Å². The summed E-state index contributed by atoms with van der Waals surface area (Å²) < 4.78 is 34.1. The van der Waals surface area contributed by atoms with Crippen LogP contribution in [0.3, 0.4) is 0 Å². The highest BCUT2D eigenvalue weighted by Gasteiger charge is 2.46. The Morgan fingerprint density at radius 3 is 2.46 bits per heavy atom. The molecule has 0 aromatic heterocycles. The lowest BCUT2D eigenvalue weighted by Crippen LogP contribution is -2.54. The van der Waals surface area contributed by atoms with E-state index in [2.05, 4.69) is 5.10 Å². The minimum Gasteiger partial charge on any atom is -0.497 e. The molecule has 0 N–H and O–H groups in total. The number of carboxylic acid groups (broad SMARTS) is 1. The second-order valence-electron chi connectivity index (χ2n) is 5.73. The molecule has 1 aliphatic rings. The van der Waals surface area contributed by atoms with E-state index in [-0.39, 0.29) is 17.1 Å². The van der Waals surface area contributed by atoms with Crippen molar-refractivity contribution in [2.45, 2.75) is 24.7 Å². The molecule has 0 bridgehead atoms. The van der Waals surface area contributed by atoms with Crippen LogP contribution in [0.15, 0.2) is 58.2 Å². The van der Waals surface area contributed by atoms with E-state index in [1.54, 1.807) is 0 Å². The van der Waals surface area contributed by atoms with Gasteiger partial charge in [-0.15, -0.1) is 0 Å². The van der Waals surface area contributed by atoms with Gasteiger partial charge in [-0.2, -0.15) is 8.42 Å². The molecule has 0 radical (unpaired) electrons. The largest absolute Gasteiger partial charge is 0.497 e. The quantitative estimate of drug-likeness (QED) is 0.379. The fourth-order valence-corrected chi connectivity index (χ4v) is 3.67. The maximum Gasteiger partial charge on any atom is 0.362 e. The second kappa shape index (κ2) is 8.81. The van der Waals surface area contributed by atoms with Gasteiger partial charge in [0.05, 0.1) is 25.5 Å². The van der Waals surface area contributed by atoms with Crippen LogP contribution in [-0.4, -0.2) is 44.4 Å². The Hall–Kier alpha value is -2.98. The summed E-state index contributed by atoms with van der Waals surface area (Å²) in [5, 5.41) is 15.4. The third-order valence-corrected chi connectivity index (χ3v) is 5.87. The van der Waals surface area contributed by atoms with Crippen LogP contribution in [0.5, 0.6) is 5.75 Å². The normalized spacial score (nSPS) is 18.9. The van der Waals surface area contributed by atoms with E-state index >= 15 is 0 Å². The van der Waals surface area contributed by atoms with Crippen molar-refractivity contribution in [3.8, 4) is 5.75 Å². The Morgan fingerprint density at radius 2 is 1.89 bits per heavy atom. The fourth-order valence-electron chi connectivity index (χ4n) is 2.27. The molecule has 9 nitrogen and oxygen atoms in total. The van der Waals surface area contributed by atoms with E-state index in [9.17, 15) is 23.1 Å². The number of amides is 1. The van der Waals surface area contributed by atoms with Crippen LogP contribution in [-0.2, 0) is 19.6 Å². The molecule has 1 atom stereocenters. The SMILES string of the molecule is CCCCOC(=O)C1=CC=N[N+](C(=O)[O-])(S(=O)(=O)c2ccc(OC)cc2)C=C1. The van der Waals surface area contributed by atoms with E-state index in [4.69, 9.17) is 9.47 Å². The van der Waals surface area contributed by atoms with Gasteiger partial charge in [-0.1, -0.05) is 18.4 Å². The third kappa shape index (κ3) is 4.12. The standard InChI is InChI=1S/C18H20N2O7S/c1-3-4-13-27-17(21)14-9-11-19-20(12-10-14,18(22)23)28(24,25)16-7-5-15(26-2)6-8-16/h5-12H,3-4,13H2,1-2H3. The zero-order valence-electron chi connectivity index (χ0n) is 15.4. The lowest BCUT2D eigenvalue weighted by molar-refractivity contribution is -0.711. The minimum atomic E-state index is -4.59. The number of unbranched alkanes of at least 4 members (excludes halogenated alkanes) is 1. The average Bonchev–Trinajstić information content (AvgIpc) is 2.92. The smallest absolute Gasteiger partial charge is 0.362 e. The third-order valence-electron chi connectivity index (χ3n) is 3.90. The maximum atomic E-state index is 13.0. The van der Waals surface area contributed by atoms with Crippen molar-refractivity contribution in [3.63, 3.8) is 0 Å². The number of esters is 1. The van der Waals surface area contributed by atoms with E-state index in [1.807, 2.05) is 6.92 Å². The zero-order valence-corrected chi connectivity index (χ0v) is 16.2. The molecule has 1 aromatic carbocycles. The van der Waals surface area contributed by atoms with Crippen molar-refractivity contribution in [2.24, 2.45) is 5.10 Å². The average molecular weight is 408 g/mol. The van der Waals surface area contributed by atoms with Crippen molar-refractivity contribution in [2.75, 3.05) is 13.7 Å². The summed E-state index contributed by atoms with van der Waals surface area (Å²) in [5.74, 6) is -0.316. The number of benzene rings is 1. The van der Waals surface area contributed by atoms with Crippen molar-refractivity contribution in [1.29, 1.82) is 0 Å². The zero-order chi connectivity index (χ0) is 20.8. The van der Waals surface area contributed by atoms with Crippen molar-refractivity contribution in [3.05, 3.63) is 48.2 Å². The molecular formula is C18H20N2O7S. The lowest BCUT2D eigenvalue weighted by Gasteiger charge is -2.25. The summed E-state index contributed by atoms with van der Waals surface area (Å²) in [4.78, 5) is 23.6. The molecular weight excluding hydrogens is 388 g/mol. The molecule has 0 fully saturated rings. The number of rotatable bonds is 7.